The zero-order valence-corrected chi connectivity index (χ0v) is 12.3. The Morgan fingerprint density at radius 3 is 3.00 bits per heavy atom. The van der Waals surface area contributed by atoms with Crippen LogP contribution in [-0.2, 0) is 11.3 Å². The summed E-state index contributed by atoms with van der Waals surface area (Å²) in [5.74, 6) is 0.938. The van der Waals surface area contributed by atoms with Crippen molar-refractivity contribution in [1.29, 1.82) is 0 Å². The molecule has 3 rings (SSSR count). The Balaban J connectivity index is 2.05. The monoisotopic (exact) mass is 285 g/mol. The molecule has 3 heterocycles. The molecule has 1 aliphatic heterocycles. The van der Waals surface area contributed by atoms with Crippen molar-refractivity contribution in [3.8, 4) is 0 Å². The van der Waals surface area contributed by atoms with Gasteiger partial charge in [-0.1, -0.05) is 13.0 Å². The Bertz CT molecular complexity index is 691. The van der Waals surface area contributed by atoms with Crippen LogP contribution in [0, 0.1) is 6.92 Å². The summed E-state index contributed by atoms with van der Waals surface area (Å²) in [6, 6.07) is 3.72. The number of hydrogen-bond acceptors (Lipinski definition) is 4. The van der Waals surface area contributed by atoms with E-state index in [1.54, 1.807) is 6.07 Å². The van der Waals surface area contributed by atoms with Crippen molar-refractivity contribution in [2.45, 2.75) is 39.2 Å². The largest absolute Gasteiger partial charge is 0.384 e. The molecule has 1 aliphatic rings. The molecule has 0 spiro atoms. The van der Waals surface area contributed by atoms with Crippen molar-refractivity contribution in [3.63, 3.8) is 0 Å². The Kier molecular flexibility index (Phi) is 3.37. The van der Waals surface area contributed by atoms with Crippen LogP contribution in [0.1, 0.15) is 42.5 Å². The van der Waals surface area contributed by atoms with Crippen molar-refractivity contribution < 1.29 is 4.79 Å². The van der Waals surface area contributed by atoms with Gasteiger partial charge in [-0.15, -0.1) is 0 Å². The molecule has 0 unspecified atom stereocenters. The molecule has 6 heteroatoms. The van der Waals surface area contributed by atoms with Gasteiger partial charge >= 0.3 is 0 Å². The lowest BCUT2D eigenvalue weighted by molar-refractivity contribution is -0.116. The minimum atomic E-state index is -0.0340. The predicted molar refractivity (Wildman–Crippen MR) is 81.0 cm³/mol. The molecule has 21 heavy (non-hydrogen) atoms. The minimum absolute atomic E-state index is 0.00699. The molecule has 1 amide bonds. The average molecular weight is 285 g/mol. The highest BCUT2D eigenvalue weighted by Gasteiger charge is 2.29. The molecule has 0 fully saturated rings. The van der Waals surface area contributed by atoms with E-state index in [2.05, 4.69) is 22.3 Å². The number of hydrogen-bond donors (Lipinski definition) is 2. The summed E-state index contributed by atoms with van der Waals surface area (Å²) in [5, 5.41) is 7.33. The third kappa shape index (κ3) is 2.49. The maximum absolute atomic E-state index is 11.9. The van der Waals surface area contributed by atoms with Gasteiger partial charge in [0.15, 0.2) is 0 Å². The third-order valence-electron chi connectivity index (χ3n) is 3.78. The SMILES string of the molecule is CCCn1cc([C@H]2CC(=O)Nc3nc(N)ccc32)c(C)n1. The number of aromatic nitrogens is 3. The van der Waals surface area contributed by atoms with Crippen LogP contribution in [0.15, 0.2) is 18.3 Å². The second kappa shape index (κ2) is 5.20. The highest BCUT2D eigenvalue weighted by atomic mass is 16.1. The van der Waals surface area contributed by atoms with E-state index in [4.69, 9.17) is 5.73 Å². The number of carbonyl (C=O) groups is 1. The van der Waals surface area contributed by atoms with E-state index < -0.39 is 0 Å². The maximum Gasteiger partial charge on any atom is 0.226 e. The van der Waals surface area contributed by atoms with Crippen LogP contribution in [0.2, 0.25) is 0 Å². The average Bonchev–Trinajstić information content (AvgIpc) is 2.78. The lowest BCUT2D eigenvalue weighted by Gasteiger charge is -2.24. The number of amides is 1. The summed E-state index contributed by atoms with van der Waals surface area (Å²) in [6.07, 6.45) is 3.49. The number of anilines is 2. The van der Waals surface area contributed by atoms with E-state index in [-0.39, 0.29) is 11.8 Å². The smallest absolute Gasteiger partial charge is 0.226 e. The second-order valence-electron chi connectivity index (χ2n) is 5.41. The molecule has 0 saturated carbocycles. The van der Waals surface area contributed by atoms with Crippen molar-refractivity contribution in [2.75, 3.05) is 11.1 Å². The summed E-state index contributed by atoms with van der Waals surface area (Å²) in [7, 11) is 0. The van der Waals surface area contributed by atoms with Crippen LogP contribution in [0.4, 0.5) is 11.6 Å². The molecule has 110 valence electrons. The Hall–Kier alpha value is -2.37. The van der Waals surface area contributed by atoms with Crippen molar-refractivity contribution in [3.05, 3.63) is 35.2 Å². The van der Waals surface area contributed by atoms with Gasteiger partial charge in [0.05, 0.1) is 5.69 Å². The molecule has 1 atom stereocenters. The van der Waals surface area contributed by atoms with Gasteiger partial charge in [0.25, 0.3) is 0 Å². The molecular weight excluding hydrogens is 266 g/mol. The van der Waals surface area contributed by atoms with E-state index >= 15 is 0 Å². The van der Waals surface area contributed by atoms with E-state index in [1.165, 1.54) is 0 Å². The number of fused-ring (bicyclic) bond motifs is 1. The predicted octanol–water partition coefficient (Wildman–Crippen LogP) is 2.05. The van der Waals surface area contributed by atoms with Gasteiger partial charge in [-0.3, -0.25) is 9.48 Å². The number of carbonyl (C=O) groups excluding carboxylic acids is 1. The lowest BCUT2D eigenvalue weighted by Crippen LogP contribution is -2.24. The van der Waals surface area contributed by atoms with Gasteiger partial charge < -0.3 is 11.1 Å². The van der Waals surface area contributed by atoms with Crippen molar-refractivity contribution >= 4 is 17.5 Å². The highest BCUT2D eigenvalue weighted by Crippen LogP contribution is 2.37. The van der Waals surface area contributed by atoms with Crippen LogP contribution in [0.3, 0.4) is 0 Å². The molecule has 0 saturated heterocycles. The first kappa shape index (κ1) is 13.6. The first-order chi connectivity index (χ1) is 10.1. The number of aryl methyl sites for hydroxylation is 2. The van der Waals surface area contributed by atoms with Gasteiger partial charge in [0, 0.05) is 36.2 Å². The molecule has 6 nitrogen and oxygen atoms in total. The van der Waals surface area contributed by atoms with Gasteiger partial charge in [-0.2, -0.15) is 5.10 Å². The minimum Gasteiger partial charge on any atom is -0.384 e. The standard InChI is InChI=1S/C15H19N5O/c1-3-6-20-8-12(9(2)19-20)11-7-14(21)18-15-10(11)4-5-13(16)17-15/h4-5,8,11H,3,6-7H2,1-2H3,(H3,16,17,18,21)/t11-/m0/s1. The summed E-state index contributed by atoms with van der Waals surface area (Å²) >= 11 is 0. The maximum atomic E-state index is 11.9. The lowest BCUT2D eigenvalue weighted by atomic mass is 9.86. The summed E-state index contributed by atoms with van der Waals surface area (Å²) < 4.78 is 1.95. The van der Waals surface area contributed by atoms with Gasteiger partial charge in [0.2, 0.25) is 5.91 Å². The van der Waals surface area contributed by atoms with Crippen LogP contribution in [0.5, 0.6) is 0 Å². The number of nitrogens with two attached hydrogens (primary N) is 1. The van der Waals surface area contributed by atoms with Crippen LogP contribution in [-0.4, -0.2) is 20.7 Å². The fourth-order valence-electron chi connectivity index (χ4n) is 2.84. The van der Waals surface area contributed by atoms with Gasteiger partial charge in [0.1, 0.15) is 11.6 Å². The summed E-state index contributed by atoms with van der Waals surface area (Å²) in [5.41, 5.74) is 8.76. The highest BCUT2D eigenvalue weighted by molar-refractivity contribution is 5.94. The molecule has 0 aliphatic carbocycles. The quantitative estimate of drug-likeness (QED) is 0.903. The van der Waals surface area contributed by atoms with Crippen molar-refractivity contribution in [1.82, 2.24) is 14.8 Å². The summed E-state index contributed by atoms with van der Waals surface area (Å²) in [4.78, 5) is 16.2. The molecule has 3 N–H and O–H groups in total. The molecule has 0 aromatic carbocycles. The zero-order valence-electron chi connectivity index (χ0n) is 12.3. The Morgan fingerprint density at radius 1 is 1.43 bits per heavy atom. The fraction of sp³-hybridized carbons (Fsp3) is 0.400. The first-order valence-corrected chi connectivity index (χ1v) is 7.18. The molecule has 2 aromatic rings. The van der Waals surface area contributed by atoms with Crippen LogP contribution < -0.4 is 11.1 Å². The number of nitrogens with zero attached hydrogens (tertiary/aromatic N) is 3. The van der Waals surface area contributed by atoms with Gasteiger partial charge in [-0.25, -0.2) is 4.98 Å². The van der Waals surface area contributed by atoms with Crippen LogP contribution in [0.25, 0.3) is 0 Å². The first-order valence-electron chi connectivity index (χ1n) is 7.18. The fourth-order valence-corrected chi connectivity index (χ4v) is 2.84. The van der Waals surface area contributed by atoms with E-state index in [0.29, 0.717) is 18.1 Å². The number of pyridine rings is 1. The van der Waals surface area contributed by atoms with Gasteiger partial charge in [-0.05, 0) is 19.4 Å². The number of rotatable bonds is 3. The summed E-state index contributed by atoms with van der Waals surface area (Å²) in [6.45, 7) is 4.98. The normalized spacial score (nSPS) is 17.4. The Morgan fingerprint density at radius 2 is 2.24 bits per heavy atom. The Labute approximate surface area is 123 Å². The van der Waals surface area contributed by atoms with E-state index in [0.717, 1.165) is 29.8 Å². The molecule has 2 aromatic heterocycles. The van der Waals surface area contributed by atoms with Crippen molar-refractivity contribution in [2.24, 2.45) is 0 Å². The van der Waals surface area contributed by atoms with Crippen LogP contribution >= 0.6 is 0 Å². The molecular formula is C15H19N5O. The number of nitrogen functional groups attached to an aromatic ring is 1. The molecule has 0 radical (unpaired) electrons. The topological polar surface area (TPSA) is 85.8 Å². The molecule has 0 bridgehead atoms. The van der Waals surface area contributed by atoms with E-state index in [1.807, 2.05) is 23.9 Å². The third-order valence-corrected chi connectivity index (χ3v) is 3.78. The second-order valence-corrected chi connectivity index (χ2v) is 5.41. The zero-order chi connectivity index (χ0) is 15.0. The number of nitrogens with one attached hydrogen (secondary N) is 1. The van der Waals surface area contributed by atoms with E-state index in [9.17, 15) is 4.79 Å².